The second kappa shape index (κ2) is 21.1. The number of rotatable bonds is 14. The van der Waals surface area contributed by atoms with Crippen LogP contribution in [0, 0.1) is 0 Å². The van der Waals surface area contributed by atoms with Gasteiger partial charge in [0.05, 0.1) is 28.2 Å². The lowest BCUT2D eigenvalue weighted by Crippen LogP contribution is -2.31. The molecular formula is C71H52N4. The highest BCUT2D eigenvalue weighted by Gasteiger charge is 2.39. The third-order valence-electron chi connectivity index (χ3n) is 14.0. The first-order valence-corrected chi connectivity index (χ1v) is 25.5. The van der Waals surface area contributed by atoms with Crippen molar-refractivity contribution >= 4 is 34.1 Å². The van der Waals surface area contributed by atoms with Gasteiger partial charge in [-0.25, -0.2) is 9.97 Å². The first-order valence-electron chi connectivity index (χ1n) is 25.5. The van der Waals surface area contributed by atoms with Gasteiger partial charge >= 0.3 is 0 Å². The fraction of sp³-hybridized carbons (Fsp3) is 0.0141. The SMILES string of the molecule is c1ccc(-c2cccc(-c3ccc(C(c4ccc(-c5cccc(-c6ccccc6)n5)cc4)(c4ccc(N(c5ccccc5)c5ccccc5)cc4)c4ccc(N(c5ccccc5)c5ccccc5)cc4)cc3)n2)cc1. The minimum Gasteiger partial charge on any atom is -0.311 e. The third-order valence-corrected chi connectivity index (χ3v) is 14.0. The van der Waals surface area contributed by atoms with Crippen molar-refractivity contribution < 1.29 is 0 Å². The summed E-state index contributed by atoms with van der Waals surface area (Å²) in [7, 11) is 0. The van der Waals surface area contributed by atoms with Crippen molar-refractivity contribution in [1.82, 2.24) is 9.97 Å². The number of aromatic nitrogens is 2. The van der Waals surface area contributed by atoms with Crippen LogP contribution in [0.1, 0.15) is 22.3 Å². The quantitative estimate of drug-likeness (QED) is 0.102. The van der Waals surface area contributed by atoms with Crippen LogP contribution in [0.5, 0.6) is 0 Å². The van der Waals surface area contributed by atoms with Gasteiger partial charge < -0.3 is 9.80 Å². The summed E-state index contributed by atoms with van der Waals surface area (Å²) in [5.74, 6) is 0. The molecule has 0 unspecified atom stereocenters. The number of anilines is 6. The summed E-state index contributed by atoms with van der Waals surface area (Å²) in [5, 5.41) is 0. The van der Waals surface area contributed by atoms with Crippen molar-refractivity contribution in [3.8, 4) is 45.0 Å². The van der Waals surface area contributed by atoms with Crippen LogP contribution in [0.3, 0.4) is 0 Å². The monoisotopic (exact) mass is 960 g/mol. The summed E-state index contributed by atoms with van der Waals surface area (Å²) >= 11 is 0. The van der Waals surface area contributed by atoms with Gasteiger partial charge in [-0.3, -0.25) is 0 Å². The zero-order chi connectivity index (χ0) is 50.2. The van der Waals surface area contributed by atoms with E-state index in [9.17, 15) is 0 Å². The van der Waals surface area contributed by atoms with E-state index in [0.717, 1.165) is 101 Å². The predicted molar refractivity (Wildman–Crippen MR) is 311 cm³/mol. The van der Waals surface area contributed by atoms with Crippen LogP contribution < -0.4 is 9.80 Å². The van der Waals surface area contributed by atoms with E-state index >= 15 is 0 Å². The lowest BCUT2D eigenvalue weighted by atomic mass is 9.65. The molecule has 0 N–H and O–H groups in total. The largest absolute Gasteiger partial charge is 0.311 e. The molecule has 0 fully saturated rings. The average molecular weight is 961 g/mol. The van der Waals surface area contributed by atoms with Crippen molar-refractivity contribution in [3.63, 3.8) is 0 Å². The molecule has 2 heterocycles. The van der Waals surface area contributed by atoms with Crippen LogP contribution in [0.25, 0.3) is 45.0 Å². The Morgan fingerprint density at radius 3 is 0.667 bits per heavy atom. The Bertz CT molecular complexity index is 3430. The maximum absolute atomic E-state index is 5.18. The summed E-state index contributed by atoms with van der Waals surface area (Å²) in [6.07, 6.45) is 0. The first-order chi connectivity index (χ1) is 37.2. The van der Waals surface area contributed by atoms with Gasteiger partial charge in [-0.2, -0.15) is 0 Å². The number of nitrogens with zero attached hydrogens (tertiary/aromatic N) is 4. The van der Waals surface area contributed by atoms with Gasteiger partial charge in [0.2, 0.25) is 0 Å². The Morgan fingerprint density at radius 1 is 0.187 bits per heavy atom. The number of benzene rings is 10. The van der Waals surface area contributed by atoms with E-state index in [2.05, 4.69) is 313 Å². The zero-order valence-corrected chi connectivity index (χ0v) is 41.3. The second-order valence-electron chi connectivity index (χ2n) is 18.6. The Balaban J connectivity index is 1.05. The third kappa shape index (κ3) is 9.41. The summed E-state index contributed by atoms with van der Waals surface area (Å²) < 4.78 is 0. The molecule has 0 aliphatic heterocycles. The molecule has 0 aliphatic rings. The molecular weight excluding hydrogens is 909 g/mol. The molecule has 0 spiro atoms. The molecule has 0 radical (unpaired) electrons. The fourth-order valence-corrected chi connectivity index (χ4v) is 10.4. The molecule has 2 aromatic heterocycles. The van der Waals surface area contributed by atoms with E-state index in [4.69, 9.17) is 9.97 Å². The molecule has 4 heteroatoms. The van der Waals surface area contributed by atoms with Gasteiger partial charge in [-0.1, -0.05) is 218 Å². The van der Waals surface area contributed by atoms with Crippen molar-refractivity contribution in [2.45, 2.75) is 5.41 Å². The van der Waals surface area contributed by atoms with Crippen LogP contribution in [0.15, 0.2) is 315 Å². The van der Waals surface area contributed by atoms with Crippen molar-refractivity contribution in [2.24, 2.45) is 0 Å². The normalized spacial score (nSPS) is 11.2. The molecule has 0 saturated carbocycles. The Hall–Kier alpha value is -9.90. The molecule has 75 heavy (non-hydrogen) atoms. The van der Waals surface area contributed by atoms with Gasteiger partial charge in [-0.05, 0) is 119 Å². The molecule has 356 valence electrons. The van der Waals surface area contributed by atoms with E-state index in [1.807, 2.05) is 12.1 Å². The Morgan fingerprint density at radius 2 is 0.400 bits per heavy atom. The zero-order valence-electron chi connectivity index (χ0n) is 41.3. The van der Waals surface area contributed by atoms with Crippen LogP contribution in [0.2, 0.25) is 0 Å². The smallest absolute Gasteiger partial charge is 0.0709 e. The van der Waals surface area contributed by atoms with E-state index in [0.29, 0.717) is 0 Å². The van der Waals surface area contributed by atoms with E-state index in [1.54, 1.807) is 0 Å². The minimum absolute atomic E-state index is 0.804. The van der Waals surface area contributed by atoms with Gasteiger partial charge in [0.15, 0.2) is 0 Å². The first kappa shape index (κ1) is 46.2. The standard InChI is InChI=1S/C71H52N4/c1-7-21-53(22-8-1)67-33-19-35-69(72-67)55-37-41-57(42-38-55)71(58-43-39-56(40-44-58)70-36-20-34-68(73-70)54-23-9-2-10-24-54,59-45-49-65(50-46-59)74(61-25-11-3-12-26-61)62-27-13-4-14-28-62)60-47-51-66(52-48-60)75(63-29-15-5-16-30-63)64-31-17-6-18-32-64/h1-52H. The molecule has 4 nitrogen and oxygen atoms in total. The highest BCUT2D eigenvalue weighted by molar-refractivity contribution is 5.80. The number of para-hydroxylation sites is 4. The van der Waals surface area contributed by atoms with Gasteiger partial charge in [-0.15, -0.1) is 0 Å². The van der Waals surface area contributed by atoms with Crippen LogP contribution >= 0.6 is 0 Å². The molecule has 12 aromatic rings. The Kier molecular flexibility index (Phi) is 13.0. The molecule has 0 aliphatic carbocycles. The molecule has 0 saturated heterocycles. The second-order valence-corrected chi connectivity index (χ2v) is 18.6. The number of pyridine rings is 2. The molecule has 0 atom stereocenters. The highest BCUT2D eigenvalue weighted by Crippen LogP contribution is 2.48. The topological polar surface area (TPSA) is 32.3 Å². The average Bonchev–Trinajstić information content (AvgIpc) is 3.50. The fourth-order valence-electron chi connectivity index (χ4n) is 10.4. The maximum Gasteiger partial charge on any atom is 0.0709 e. The lowest BCUT2D eigenvalue weighted by Gasteiger charge is -2.38. The molecule has 10 aromatic carbocycles. The molecule has 12 rings (SSSR count). The van der Waals surface area contributed by atoms with Gasteiger partial charge in [0, 0.05) is 56.4 Å². The summed E-state index contributed by atoms with van der Waals surface area (Å²) in [5.41, 5.74) is 18.1. The van der Waals surface area contributed by atoms with Crippen molar-refractivity contribution in [1.29, 1.82) is 0 Å². The van der Waals surface area contributed by atoms with Gasteiger partial charge in [0.25, 0.3) is 0 Å². The summed E-state index contributed by atoms with van der Waals surface area (Å²) in [4.78, 5) is 15.0. The number of hydrogen-bond acceptors (Lipinski definition) is 4. The van der Waals surface area contributed by atoms with E-state index in [1.165, 1.54) is 0 Å². The highest BCUT2D eigenvalue weighted by atomic mass is 15.1. The van der Waals surface area contributed by atoms with E-state index < -0.39 is 5.41 Å². The van der Waals surface area contributed by atoms with Crippen molar-refractivity contribution in [2.75, 3.05) is 9.80 Å². The van der Waals surface area contributed by atoms with Crippen LogP contribution in [-0.2, 0) is 5.41 Å². The predicted octanol–water partition coefficient (Wildman–Crippen LogP) is 18.5. The minimum atomic E-state index is -0.804. The summed E-state index contributed by atoms with van der Waals surface area (Å²) in [6.45, 7) is 0. The summed E-state index contributed by atoms with van der Waals surface area (Å²) in [6, 6.07) is 112. The van der Waals surface area contributed by atoms with E-state index in [-0.39, 0.29) is 0 Å². The maximum atomic E-state index is 5.18. The van der Waals surface area contributed by atoms with Crippen molar-refractivity contribution in [3.05, 3.63) is 338 Å². The van der Waals surface area contributed by atoms with Gasteiger partial charge in [0.1, 0.15) is 0 Å². The van der Waals surface area contributed by atoms with Crippen LogP contribution in [-0.4, -0.2) is 9.97 Å². The molecule has 0 bridgehead atoms. The van der Waals surface area contributed by atoms with Crippen LogP contribution in [0.4, 0.5) is 34.1 Å². The number of hydrogen-bond donors (Lipinski definition) is 0. The molecule has 0 amide bonds. The Labute approximate surface area is 439 Å². The lowest BCUT2D eigenvalue weighted by molar-refractivity contribution is 0.745.